The first-order valence-corrected chi connectivity index (χ1v) is 9.02. The predicted molar refractivity (Wildman–Crippen MR) is 102 cm³/mol. The number of urea groups is 1. The van der Waals surface area contributed by atoms with Crippen LogP contribution in [0.3, 0.4) is 0 Å². The van der Waals surface area contributed by atoms with E-state index in [4.69, 9.17) is 11.6 Å². The summed E-state index contributed by atoms with van der Waals surface area (Å²) in [6.07, 6.45) is 2.16. The van der Waals surface area contributed by atoms with Crippen molar-refractivity contribution in [3.63, 3.8) is 0 Å². The van der Waals surface area contributed by atoms with Crippen LogP contribution in [0, 0.1) is 5.92 Å². The third kappa shape index (κ3) is 4.89. The summed E-state index contributed by atoms with van der Waals surface area (Å²) < 4.78 is 0. The Labute approximate surface area is 158 Å². The molecule has 4 amide bonds. The number of nitrogens with zero attached hydrogens (tertiary/aromatic N) is 3. The van der Waals surface area contributed by atoms with Gasteiger partial charge in [-0.1, -0.05) is 25.4 Å². The summed E-state index contributed by atoms with van der Waals surface area (Å²) in [7, 11) is 0. The second kappa shape index (κ2) is 9.45. The lowest BCUT2D eigenvalue weighted by molar-refractivity contribution is -0.131. The molecule has 1 aliphatic heterocycles. The molecule has 1 saturated heterocycles. The molecule has 7 nitrogen and oxygen atoms in total. The van der Waals surface area contributed by atoms with Crippen molar-refractivity contribution in [2.24, 2.45) is 10.9 Å². The standard InChI is InChI=1S/C18H23ClN4O3/c1-3-22(4-2)11-5-10-20-12-15-16(24)21-18(26)23(17(15)25)14-8-6-13(19)7-9-14/h6-9,12,15H,3-5,10-11H2,1-2H3,(H,21,24,26). The number of rotatable bonds is 8. The SMILES string of the molecule is CCN(CC)CCCN=CC1C(=O)NC(=O)N(c2ccc(Cl)cc2)C1=O. The van der Waals surface area contributed by atoms with Crippen LogP contribution in [0.5, 0.6) is 0 Å². The fourth-order valence-electron chi connectivity index (χ4n) is 2.66. The van der Waals surface area contributed by atoms with Crippen molar-refractivity contribution in [2.45, 2.75) is 20.3 Å². The Morgan fingerprint density at radius 3 is 2.46 bits per heavy atom. The molecule has 1 aromatic rings. The molecule has 0 aliphatic carbocycles. The van der Waals surface area contributed by atoms with E-state index in [0.29, 0.717) is 17.3 Å². The van der Waals surface area contributed by atoms with E-state index in [0.717, 1.165) is 31.0 Å². The molecule has 1 atom stereocenters. The van der Waals surface area contributed by atoms with E-state index in [-0.39, 0.29) is 0 Å². The molecule has 2 rings (SSSR count). The van der Waals surface area contributed by atoms with Gasteiger partial charge in [-0.2, -0.15) is 0 Å². The first-order chi connectivity index (χ1) is 12.5. The van der Waals surface area contributed by atoms with E-state index in [1.807, 2.05) is 0 Å². The summed E-state index contributed by atoms with van der Waals surface area (Å²) >= 11 is 5.83. The van der Waals surface area contributed by atoms with Crippen LogP contribution in [0.25, 0.3) is 0 Å². The molecular formula is C18H23ClN4O3. The van der Waals surface area contributed by atoms with Gasteiger partial charge in [0.2, 0.25) is 5.91 Å². The van der Waals surface area contributed by atoms with Gasteiger partial charge < -0.3 is 4.90 Å². The van der Waals surface area contributed by atoms with Crippen LogP contribution in [-0.2, 0) is 9.59 Å². The molecule has 0 bridgehead atoms. The van der Waals surface area contributed by atoms with Crippen molar-refractivity contribution in [3.8, 4) is 0 Å². The Morgan fingerprint density at radius 2 is 1.85 bits per heavy atom. The zero-order valence-electron chi connectivity index (χ0n) is 14.9. The van der Waals surface area contributed by atoms with Crippen LogP contribution < -0.4 is 10.2 Å². The lowest BCUT2D eigenvalue weighted by atomic mass is 10.1. The smallest absolute Gasteiger partial charge is 0.304 e. The highest BCUT2D eigenvalue weighted by Gasteiger charge is 2.40. The summed E-state index contributed by atoms with van der Waals surface area (Å²) in [6.45, 7) is 7.57. The summed E-state index contributed by atoms with van der Waals surface area (Å²) in [5.41, 5.74) is 0.351. The van der Waals surface area contributed by atoms with Crippen LogP contribution in [0.4, 0.5) is 10.5 Å². The number of amides is 4. The van der Waals surface area contributed by atoms with Crippen molar-refractivity contribution >= 4 is 41.3 Å². The number of barbiturate groups is 1. The molecule has 140 valence electrons. The Balaban J connectivity index is 2.02. The molecule has 0 spiro atoms. The van der Waals surface area contributed by atoms with E-state index in [1.54, 1.807) is 24.3 Å². The molecule has 26 heavy (non-hydrogen) atoms. The molecular weight excluding hydrogens is 356 g/mol. The minimum atomic E-state index is -1.11. The number of nitrogens with one attached hydrogen (secondary N) is 1. The second-order valence-electron chi connectivity index (χ2n) is 5.86. The van der Waals surface area contributed by atoms with Gasteiger partial charge in [0.15, 0.2) is 5.92 Å². The van der Waals surface area contributed by atoms with Gasteiger partial charge >= 0.3 is 6.03 Å². The van der Waals surface area contributed by atoms with Crippen molar-refractivity contribution in [2.75, 3.05) is 31.1 Å². The van der Waals surface area contributed by atoms with Gasteiger partial charge in [0.05, 0.1) is 5.69 Å². The number of halogens is 1. The van der Waals surface area contributed by atoms with Crippen molar-refractivity contribution < 1.29 is 14.4 Å². The molecule has 8 heteroatoms. The molecule has 1 aromatic carbocycles. The van der Waals surface area contributed by atoms with E-state index in [2.05, 4.69) is 29.1 Å². The zero-order valence-corrected chi connectivity index (χ0v) is 15.7. The van der Waals surface area contributed by atoms with Crippen LogP contribution in [-0.4, -0.2) is 55.1 Å². The maximum Gasteiger partial charge on any atom is 0.335 e. The average Bonchev–Trinajstić information content (AvgIpc) is 2.62. The van der Waals surface area contributed by atoms with Crippen molar-refractivity contribution in [1.29, 1.82) is 0 Å². The molecule has 1 fully saturated rings. The van der Waals surface area contributed by atoms with Gasteiger partial charge in [0.1, 0.15) is 0 Å². The number of imide groups is 2. The third-order valence-corrected chi connectivity index (χ3v) is 4.45. The van der Waals surface area contributed by atoms with Gasteiger partial charge in [-0.05, 0) is 50.3 Å². The molecule has 1 unspecified atom stereocenters. The number of anilines is 1. The number of carbonyl (C=O) groups excluding carboxylic acids is 3. The maximum absolute atomic E-state index is 12.6. The molecule has 1 N–H and O–H groups in total. The van der Waals surface area contributed by atoms with Gasteiger partial charge in [-0.25, -0.2) is 9.69 Å². The Kier molecular flexibility index (Phi) is 7.29. The van der Waals surface area contributed by atoms with Gasteiger partial charge in [0, 0.05) is 17.8 Å². The Hall–Kier alpha value is -2.25. The molecule has 1 aliphatic rings. The number of aliphatic imine (C=N–C) groups is 1. The summed E-state index contributed by atoms with van der Waals surface area (Å²) in [5, 5.41) is 2.68. The maximum atomic E-state index is 12.6. The lowest BCUT2D eigenvalue weighted by Crippen LogP contribution is -2.58. The van der Waals surface area contributed by atoms with Crippen LogP contribution in [0.1, 0.15) is 20.3 Å². The van der Waals surface area contributed by atoms with E-state index < -0.39 is 23.8 Å². The van der Waals surface area contributed by atoms with E-state index >= 15 is 0 Å². The highest BCUT2D eigenvalue weighted by molar-refractivity contribution is 6.33. The fourth-order valence-corrected chi connectivity index (χ4v) is 2.79. The zero-order chi connectivity index (χ0) is 19.1. The quantitative estimate of drug-likeness (QED) is 0.427. The topological polar surface area (TPSA) is 82.1 Å². The Bertz CT molecular complexity index is 686. The van der Waals surface area contributed by atoms with Gasteiger partial charge in [0.25, 0.3) is 5.91 Å². The number of hydrogen-bond acceptors (Lipinski definition) is 5. The third-order valence-electron chi connectivity index (χ3n) is 4.20. The molecule has 0 radical (unpaired) electrons. The van der Waals surface area contributed by atoms with Gasteiger partial charge in [-0.3, -0.25) is 19.9 Å². The minimum absolute atomic E-state index is 0.351. The summed E-state index contributed by atoms with van der Waals surface area (Å²) in [4.78, 5) is 44.1. The summed E-state index contributed by atoms with van der Waals surface area (Å²) in [5.74, 6) is -2.39. The van der Waals surface area contributed by atoms with E-state index in [9.17, 15) is 14.4 Å². The molecule has 0 aromatic heterocycles. The van der Waals surface area contributed by atoms with Crippen LogP contribution >= 0.6 is 11.6 Å². The molecule has 0 saturated carbocycles. The van der Waals surface area contributed by atoms with Crippen LogP contribution in [0.15, 0.2) is 29.3 Å². The first kappa shape index (κ1) is 20.1. The monoisotopic (exact) mass is 378 g/mol. The normalized spacial score (nSPS) is 18.1. The van der Waals surface area contributed by atoms with Crippen molar-refractivity contribution in [3.05, 3.63) is 29.3 Å². The largest absolute Gasteiger partial charge is 0.335 e. The van der Waals surface area contributed by atoms with Gasteiger partial charge in [-0.15, -0.1) is 0 Å². The highest BCUT2D eigenvalue weighted by Crippen LogP contribution is 2.22. The predicted octanol–water partition coefficient (Wildman–Crippen LogP) is 2.34. The average molecular weight is 379 g/mol. The number of benzene rings is 1. The number of carbonyl (C=O) groups is 3. The highest BCUT2D eigenvalue weighted by atomic mass is 35.5. The van der Waals surface area contributed by atoms with Crippen molar-refractivity contribution in [1.82, 2.24) is 10.2 Å². The fraction of sp³-hybridized carbons (Fsp3) is 0.444. The number of hydrogen-bond donors (Lipinski definition) is 1. The minimum Gasteiger partial charge on any atom is -0.304 e. The first-order valence-electron chi connectivity index (χ1n) is 8.64. The molecule has 1 heterocycles. The Morgan fingerprint density at radius 1 is 1.19 bits per heavy atom. The van der Waals surface area contributed by atoms with Crippen LogP contribution in [0.2, 0.25) is 5.02 Å². The lowest BCUT2D eigenvalue weighted by Gasteiger charge is -2.28. The van der Waals surface area contributed by atoms with E-state index in [1.165, 1.54) is 6.21 Å². The second-order valence-corrected chi connectivity index (χ2v) is 6.29. The summed E-state index contributed by atoms with van der Waals surface area (Å²) in [6, 6.07) is 5.48.